The van der Waals surface area contributed by atoms with E-state index >= 15 is 0 Å². The van der Waals surface area contributed by atoms with Crippen molar-refractivity contribution in [1.29, 1.82) is 0 Å². The molecule has 4 rings (SSSR count). The lowest BCUT2D eigenvalue weighted by atomic mass is 9.78. The van der Waals surface area contributed by atoms with Gasteiger partial charge in [-0.15, -0.1) is 11.3 Å². The summed E-state index contributed by atoms with van der Waals surface area (Å²) in [7, 11) is 0. The molecule has 1 fully saturated rings. The van der Waals surface area contributed by atoms with Crippen LogP contribution in [0.1, 0.15) is 52.9 Å². The van der Waals surface area contributed by atoms with Gasteiger partial charge in [-0.05, 0) is 48.9 Å². The van der Waals surface area contributed by atoms with Crippen molar-refractivity contribution in [1.82, 2.24) is 10.3 Å². The number of nitrogens with zero attached hydrogens (tertiary/aromatic N) is 1. The van der Waals surface area contributed by atoms with Crippen LogP contribution in [0, 0.1) is 6.92 Å². The van der Waals surface area contributed by atoms with Crippen LogP contribution in [0.5, 0.6) is 0 Å². The molecule has 0 atom stereocenters. The number of hydrogen-bond acceptors (Lipinski definition) is 3. The van der Waals surface area contributed by atoms with Crippen LogP contribution in [-0.4, -0.2) is 16.4 Å². The SMILES string of the molecule is Cc1ccsc1CC1(NC(=O)c2cnc3ccccc3c2)CCCCC1. The molecule has 0 bridgehead atoms. The fraction of sp³-hybridized carbons (Fsp3) is 0.364. The number of rotatable bonds is 4. The fourth-order valence-electron chi connectivity index (χ4n) is 3.98. The summed E-state index contributed by atoms with van der Waals surface area (Å²) in [4.78, 5) is 18.9. The number of pyridine rings is 1. The summed E-state index contributed by atoms with van der Waals surface area (Å²) in [6.07, 6.45) is 8.36. The van der Waals surface area contributed by atoms with E-state index in [0.29, 0.717) is 5.56 Å². The number of thiophene rings is 1. The minimum atomic E-state index is -0.128. The van der Waals surface area contributed by atoms with Crippen LogP contribution >= 0.6 is 11.3 Å². The Kier molecular flexibility index (Phi) is 4.77. The first kappa shape index (κ1) is 17.2. The van der Waals surface area contributed by atoms with Gasteiger partial charge in [0, 0.05) is 28.4 Å². The molecule has 0 saturated heterocycles. The first-order chi connectivity index (χ1) is 12.7. The molecule has 0 spiro atoms. The van der Waals surface area contributed by atoms with Crippen molar-refractivity contribution in [2.24, 2.45) is 0 Å². The van der Waals surface area contributed by atoms with Crippen molar-refractivity contribution in [3.8, 4) is 0 Å². The maximum Gasteiger partial charge on any atom is 0.253 e. The zero-order chi connectivity index (χ0) is 18.0. The molecule has 1 aliphatic carbocycles. The molecule has 2 aromatic heterocycles. The molecular formula is C22H24N2OS. The van der Waals surface area contributed by atoms with Gasteiger partial charge in [-0.1, -0.05) is 37.5 Å². The van der Waals surface area contributed by atoms with Crippen molar-refractivity contribution in [2.75, 3.05) is 0 Å². The summed E-state index contributed by atoms with van der Waals surface area (Å²) in [5, 5.41) is 6.56. The number of aryl methyl sites for hydroxylation is 1. The van der Waals surface area contributed by atoms with Gasteiger partial charge in [0.05, 0.1) is 11.1 Å². The van der Waals surface area contributed by atoms with Crippen LogP contribution in [0.4, 0.5) is 0 Å². The van der Waals surface area contributed by atoms with E-state index in [-0.39, 0.29) is 11.4 Å². The Hall–Kier alpha value is -2.20. The summed E-state index contributed by atoms with van der Waals surface area (Å²) in [6.45, 7) is 2.16. The predicted molar refractivity (Wildman–Crippen MR) is 108 cm³/mol. The molecule has 0 unspecified atom stereocenters. The molecule has 134 valence electrons. The number of carbonyl (C=O) groups excluding carboxylic acids is 1. The van der Waals surface area contributed by atoms with Crippen LogP contribution in [-0.2, 0) is 6.42 Å². The van der Waals surface area contributed by atoms with Crippen LogP contribution in [0.3, 0.4) is 0 Å². The van der Waals surface area contributed by atoms with Crippen LogP contribution in [0.25, 0.3) is 10.9 Å². The second-order valence-corrected chi connectivity index (χ2v) is 8.42. The van der Waals surface area contributed by atoms with Crippen LogP contribution < -0.4 is 5.32 Å². The van der Waals surface area contributed by atoms with Gasteiger partial charge in [0.25, 0.3) is 5.91 Å². The Morgan fingerprint density at radius 3 is 2.77 bits per heavy atom. The number of fused-ring (bicyclic) bond motifs is 1. The lowest BCUT2D eigenvalue weighted by molar-refractivity contribution is 0.0868. The molecule has 1 aliphatic rings. The molecule has 1 saturated carbocycles. The zero-order valence-electron chi connectivity index (χ0n) is 15.1. The van der Waals surface area contributed by atoms with Gasteiger partial charge in [0.15, 0.2) is 0 Å². The van der Waals surface area contributed by atoms with Gasteiger partial charge in [0.2, 0.25) is 0 Å². The maximum atomic E-state index is 13.0. The normalized spacial score (nSPS) is 16.5. The quantitative estimate of drug-likeness (QED) is 0.684. The van der Waals surface area contributed by atoms with Gasteiger partial charge >= 0.3 is 0 Å². The standard InChI is InChI=1S/C22H24N2OS/c1-16-9-12-26-20(16)14-22(10-5-2-6-11-22)24-21(25)18-13-17-7-3-4-8-19(17)23-15-18/h3-4,7-9,12-13,15H,2,5-6,10-11,14H2,1H3,(H,24,25). The van der Waals surface area contributed by atoms with Gasteiger partial charge in [-0.2, -0.15) is 0 Å². The number of carbonyl (C=O) groups is 1. The lowest BCUT2D eigenvalue weighted by Gasteiger charge is -2.38. The van der Waals surface area contributed by atoms with Gasteiger partial charge < -0.3 is 5.32 Å². The van der Waals surface area contributed by atoms with Crippen LogP contribution in [0.2, 0.25) is 0 Å². The van der Waals surface area contributed by atoms with E-state index in [4.69, 9.17) is 0 Å². The highest BCUT2D eigenvalue weighted by molar-refractivity contribution is 7.10. The van der Waals surface area contributed by atoms with E-state index in [0.717, 1.165) is 30.2 Å². The molecule has 1 aromatic carbocycles. The third-order valence-corrected chi connectivity index (χ3v) is 6.53. The van der Waals surface area contributed by atoms with E-state index in [9.17, 15) is 4.79 Å². The molecule has 0 aliphatic heterocycles. The third kappa shape index (κ3) is 3.51. The fourth-order valence-corrected chi connectivity index (χ4v) is 5.03. The number of para-hydroxylation sites is 1. The highest BCUT2D eigenvalue weighted by Crippen LogP contribution is 2.34. The second kappa shape index (κ2) is 7.20. The first-order valence-electron chi connectivity index (χ1n) is 9.36. The predicted octanol–water partition coefficient (Wildman–Crippen LogP) is 5.28. The number of aromatic nitrogens is 1. The molecule has 1 amide bonds. The molecule has 4 heteroatoms. The van der Waals surface area contributed by atoms with Crippen LogP contribution in [0.15, 0.2) is 48.0 Å². The Bertz CT molecular complexity index is 925. The Morgan fingerprint density at radius 2 is 2.00 bits per heavy atom. The number of benzene rings is 1. The third-order valence-electron chi connectivity index (χ3n) is 5.51. The maximum absolute atomic E-state index is 13.0. The topological polar surface area (TPSA) is 42.0 Å². The average molecular weight is 365 g/mol. The van der Waals surface area contributed by atoms with Crippen molar-refractivity contribution < 1.29 is 4.79 Å². The minimum absolute atomic E-state index is 0.000591. The van der Waals surface area contributed by atoms with Gasteiger partial charge in [-0.25, -0.2) is 0 Å². The number of nitrogens with one attached hydrogen (secondary N) is 1. The van der Waals surface area contributed by atoms with E-state index in [1.165, 1.54) is 29.7 Å². The highest BCUT2D eigenvalue weighted by atomic mass is 32.1. The number of amides is 1. The largest absolute Gasteiger partial charge is 0.346 e. The summed E-state index contributed by atoms with van der Waals surface area (Å²) >= 11 is 1.80. The van der Waals surface area contributed by atoms with Gasteiger partial charge in [0.1, 0.15) is 0 Å². The average Bonchev–Trinajstić information content (AvgIpc) is 3.06. The van der Waals surface area contributed by atoms with Crippen molar-refractivity contribution in [3.05, 3.63) is 64.0 Å². The minimum Gasteiger partial charge on any atom is -0.346 e. The van der Waals surface area contributed by atoms with E-state index < -0.39 is 0 Å². The second-order valence-electron chi connectivity index (χ2n) is 7.42. The Balaban J connectivity index is 1.59. The van der Waals surface area contributed by atoms with Gasteiger partial charge in [-0.3, -0.25) is 9.78 Å². The van der Waals surface area contributed by atoms with Crippen molar-refractivity contribution >= 4 is 28.1 Å². The highest BCUT2D eigenvalue weighted by Gasteiger charge is 2.34. The Labute approximate surface area is 158 Å². The molecular weight excluding hydrogens is 340 g/mol. The molecule has 26 heavy (non-hydrogen) atoms. The van der Waals surface area contributed by atoms with Crippen molar-refractivity contribution in [2.45, 2.75) is 51.0 Å². The number of hydrogen-bond donors (Lipinski definition) is 1. The summed E-state index contributed by atoms with van der Waals surface area (Å²) in [5.41, 5.74) is 2.78. The zero-order valence-corrected chi connectivity index (χ0v) is 15.9. The van der Waals surface area contributed by atoms with Crippen molar-refractivity contribution in [3.63, 3.8) is 0 Å². The molecule has 3 aromatic rings. The smallest absolute Gasteiger partial charge is 0.253 e. The molecule has 0 radical (unpaired) electrons. The van der Waals surface area contributed by atoms with E-state index in [1.807, 2.05) is 30.3 Å². The molecule has 1 N–H and O–H groups in total. The first-order valence-corrected chi connectivity index (χ1v) is 10.2. The van der Waals surface area contributed by atoms with E-state index in [1.54, 1.807) is 17.5 Å². The lowest BCUT2D eigenvalue weighted by Crippen LogP contribution is -2.51. The summed E-state index contributed by atoms with van der Waals surface area (Å²) in [6, 6.07) is 12.0. The summed E-state index contributed by atoms with van der Waals surface area (Å²) < 4.78 is 0. The Morgan fingerprint density at radius 1 is 1.19 bits per heavy atom. The van der Waals surface area contributed by atoms with E-state index in [2.05, 4.69) is 28.7 Å². The molecule has 2 heterocycles. The summed E-state index contributed by atoms with van der Waals surface area (Å²) in [5.74, 6) is -0.000591. The monoisotopic (exact) mass is 364 g/mol. The molecule has 3 nitrogen and oxygen atoms in total.